The molecule has 0 spiro atoms. The second-order valence-corrected chi connectivity index (χ2v) is 9.81. The zero-order valence-corrected chi connectivity index (χ0v) is 15.5. The van der Waals surface area contributed by atoms with Gasteiger partial charge in [0.05, 0.1) is 24.0 Å². The largest absolute Gasteiger partial charge is 0.343 e. The third kappa shape index (κ3) is 3.00. The Labute approximate surface area is 155 Å². The van der Waals surface area contributed by atoms with E-state index in [4.69, 9.17) is 0 Å². The molecule has 27 heavy (non-hydrogen) atoms. The van der Waals surface area contributed by atoms with Crippen LogP contribution in [0.2, 0.25) is 0 Å². The number of halogens is 1. The minimum Gasteiger partial charge on any atom is -0.343 e. The van der Waals surface area contributed by atoms with Crippen LogP contribution in [0.3, 0.4) is 0 Å². The first-order chi connectivity index (χ1) is 12.9. The first-order valence-electron chi connectivity index (χ1n) is 9.26. The predicted molar refractivity (Wildman–Crippen MR) is 95.5 cm³/mol. The van der Waals surface area contributed by atoms with Crippen molar-refractivity contribution in [3.05, 3.63) is 23.8 Å². The second kappa shape index (κ2) is 5.96. The van der Waals surface area contributed by atoms with Gasteiger partial charge < -0.3 is 5.32 Å². The minimum atomic E-state index is -3.34. The fourth-order valence-corrected chi connectivity index (χ4v) is 5.43. The summed E-state index contributed by atoms with van der Waals surface area (Å²) in [7, 11) is -3.34. The summed E-state index contributed by atoms with van der Waals surface area (Å²) in [6.07, 6.45) is 5.17. The SMILES string of the molecule is O=C1CN(S(=O)(=O)C2CC2)CC[C@H]1Nc1ncc2c(F)cc(C3CC3)n2n1. The molecule has 2 aliphatic carbocycles. The van der Waals surface area contributed by atoms with E-state index in [1.165, 1.54) is 16.6 Å². The van der Waals surface area contributed by atoms with Gasteiger partial charge in [0.25, 0.3) is 0 Å². The molecule has 10 heteroatoms. The van der Waals surface area contributed by atoms with Crippen molar-refractivity contribution in [3.63, 3.8) is 0 Å². The van der Waals surface area contributed by atoms with Gasteiger partial charge in [-0.15, -0.1) is 5.10 Å². The molecule has 3 fully saturated rings. The Morgan fingerprint density at radius 3 is 2.63 bits per heavy atom. The van der Waals surface area contributed by atoms with Crippen LogP contribution >= 0.6 is 0 Å². The van der Waals surface area contributed by atoms with E-state index in [-0.39, 0.29) is 29.3 Å². The molecule has 0 radical (unpaired) electrons. The molecule has 1 saturated heterocycles. The van der Waals surface area contributed by atoms with E-state index in [9.17, 15) is 17.6 Å². The van der Waals surface area contributed by atoms with Crippen LogP contribution in [0.5, 0.6) is 0 Å². The second-order valence-electron chi connectivity index (χ2n) is 7.60. The van der Waals surface area contributed by atoms with Crippen molar-refractivity contribution >= 4 is 27.3 Å². The van der Waals surface area contributed by atoms with E-state index in [2.05, 4.69) is 15.4 Å². The average Bonchev–Trinajstić information content (AvgIpc) is 3.54. The summed E-state index contributed by atoms with van der Waals surface area (Å²) < 4.78 is 41.5. The molecular formula is C17H20FN5O3S. The van der Waals surface area contributed by atoms with Gasteiger partial charge in [-0.2, -0.15) is 4.31 Å². The van der Waals surface area contributed by atoms with Gasteiger partial charge in [-0.25, -0.2) is 22.3 Å². The number of aromatic nitrogens is 3. The first kappa shape index (κ1) is 17.1. The van der Waals surface area contributed by atoms with Gasteiger partial charge in [0.2, 0.25) is 16.0 Å². The third-order valence-corrected chi connectivity index (χ3v) is 7.83. The van der Waals surface area contributed by atoms with Crippen LogP contribution in [0.25, 0.3) is 5.52 Å². The average molecular weight is 393 g/mol. The number of rotatable bonds is 5. The highest BCUT2D eigenvalue weighted by molar-refractivity contribution is 7.90. The summed E-state index contributed by atoms with van der Waals surface area (Å²) in [5.74, 6) is 0.0208. The van der Waals surface area contributed by atoms with E-state index >= 15 is 0 Å². The van der Waals surface area contributed by atoms with Crippen molar-refractivity contribution in [2.45, 2.75) is 49.3 Å². The van der Waals surface area contributed by atoms with Crippen LogP contribution < -0.4 is 5.32 Å². The Hall–Kier alpha value is -2.07. The molecule has 8 nitrogen and oxygen atoms in total. The molecule has 2 aromatic heterocycles. The number of carbonyl (C=O) groups is 1. The Morgan fingerprint density at radius 1 is 1.19 bits per heavy atom. The predicted octanol–water partition coefficient (Wildman–Crippen LogP) is 1.29. The third-order valence-electron chi connectivity index (χ3n) is 5.49. The molecule has 0 unspecified atom stereocenters. The fraction of sp³-hybridized carbons (Fsp3) is 0.588. The summed E-state index contributed by atoms with van der Waals surface area (Å²) in [5, 5.41) is 7.05. The van der Waals surface area contributed by atoms with Crippen LogP contribution in [-0.2, 0) is 14.8 Å². The lowest BCUT2D eigenvalue weighted by molar-refractivity contribution is -0.121. The van der Waals surface area contributed by atoms with E-state index in [1.54, 1.807) is 4.52 Å². The topological polar surface area (TPSA) is 96.7 Å². The molecule has 0 bridgehead atoms. The number of hydrogen-bond acceptors (Lipinski definition) is 6. The molecule has 3 aliphatic rings. The Kier molecular flexibility index (Phi) is 3.77. The molecule has 2 saturated carbocycles. The smallest absolute Gasteiger partial charge is 0.241 e. The summed E-state index contributed by atoms with van der Waals surface area (Å²) >= 11 is 0. The lowest BCUT2D eigenvalue weighted by Gasteiger charge is -2.30. The zero-order chi connectivity index (χ0) is 18.8. The zero-order valence-electron chi connectivity index (χ0n) is 14.6. The number of nitrogens with one attached hydrogen (secondary N) is 1. The van der Waals surface area contributed by atoms with Crippen molar-refractivity contribution < 1.29 is 17.6 Å². The maximum atomic E-state index is 14.0. The van der Waals surface area contributed by atoms with Crippen molar-refractivity contribution in [2.24, 2.45) is 0 Å². The standard InChI is InChI=1S/C17H20FN5O3S/c18-12-7-14(10-1-2-10)23-15(12)8-19-17(21-23)20-13-5-6-22(9-16(13)24)27(25,26)11-3-4-11/h7-8,10-11,13H,1-6,9H2,(H,20,21)/t13-/m1/s1. The van der Waals surface area contributed by atoms with Crippen molar-refractivity contribution in [1.82, 2.24) is 18.9 Å². The maximum Gasteiger partial charge on any atom is 0.241 e. The molecule has 0 amide bonds. The van der Waals surface area contributed by atoms with Gasteiger partial charge in [0.15, 0.2) is 11.6 Å². The Morgan fingerprint density at radius 2 is 1.96 bits per heavy atom. The Bertz CT molecular complexity index is 1030. The normalized spacial score (nSPS) is 24.5. The lowest BCUT2D eigenvalue weighted by Crippen LogP contribution is -2.50. The summed E-state index contributed by atoms with van der Waals surface area (Å²) in [6, 6.07) is 0.954. The molecular weight excluding hydrogens is 373 g/mol. The summed E-state index contributed by atoms with van der Waals surface area (Å²) in [4.78, 5) is 16.6. The monoisotopic (exact) mass is 393 g/mol. The van der Waals surface area contributed by atoms with Gasteiger partial charge in [-0.05, 0) is 38.2 Å². The number of ketones is 1. The van der Waals surface area contributed by atoms with Crippen LogP contribution in [-0.4, -0.2) is 57.5 Å². The van der Waals surface area contributed by atoms with Crippen LogP contribution in [0.1, 0.15) is 43.7 Å². The molecule has 1 N–H and O–H groups in total. The van der Waals surface area contributed by atoms with Crippen LogP contribution in [0.15, 0.2) is 12.3 Å². The van der Waals surface area contributed by atoms with Crippen molar-refractivity contribution in [1.29, 1.82) is 0 Å². The number of carbonyl (C=O) groups excluding carboxylic acids is 1. The van der Waals surface area contributed by atoms with E-state index < -0.39 is 16.1 Å². The molecule has 1 aliphatic heterocycles. The van der Waals surface area contributed by atoms with Crippen LogP contribution in [0.4, 0.5) is 10.3 Å². The van der Waals surface area contributed by atoms with Gasteiger partial charge >= 0.3 is 0 Å². The van der Waals surface area contributed by atoms with Gasteiger partial charge in [0.1, 0.15) is 5.52 Å². The molecule has 5 rings (SSSR count). The quantitative estimate of drug-likeness (QED) is 0.822. The van der Waals surface area contributed by atoms with Crippen molar-refractivity contribution in [3.8, 4) is 0 Å². The highest BCUT2D eigenvalue weighted by Gasteiger charge is 2.43. The number of piperidine rings is 1. The fourth-order valence-electron chi connectivity index (χ4n) is 3.61. The number of Topliss-reactive ketones (excluding diaryl/α,β-unsaturated/α-hetero) is 1. The van der Waals surface area contributed by atoms with Gasteiger partial charge in [0, 0.05) is 18.2 Å². The number of nitrogens with zero attached hydrogens (tertiary/aromatic N) is 4. The minimum absolute atomic E-state index is 0.121. The number of anilines is 1. The highest BCUT2D eigenvalue weighted by atomic mass is 32.2. The number of sulfonamides is 1. The molecule has 144 valence electrons. The maximum absolute atomic E-state index is 14.0. The molecule has 3 heterocycles. The van der Waals surface area contributed by atoms with E-state index in [1.807, 2.05) is 0 Å². The van der Waals surface area contributed by atoms with E-state index in [0.717, 1.165) is 18.5 Å². The molecule has 2 aromatic rings. The number of hydrogen-bond donors (Lipinski definition) is 1. The summed E-state index contributed by atoms with van der Waals surface area (Å²) in [5.41, 5.74) is 1.14. The van der Waals surface area contributed by atoms with Gasteiger partial charge in [-0.3, -0.25) is 4.79 Å². The van der Waals surface area contributed by atoms with Crippen molar-refractivity contribution in [2.75, 3.05) is 18.4 Å². The summed E-state index contributed by atoms with van der Waals surface area (Å²) in [6.45, 7) is 0.181. The van der Waals surface area contributed by atoms with Crippen LogP contribution in [0, 0.1) is 5.82 Å². The first-order valence-corrected chi connectivity index (χ1v) is 10.8. The highest BCUT2D eigenvalue weighted by Crippen LogP contribution is 2.41. The lowest BCUT2D eigenvalue weighted by atomic mass is 10.1. The Balaban J connectivity index is 1.33. The van der Waals surface area contributed by atoms with Gasteiger partial charge in [-0.1, -0.05) is 0 Å². The van der Waals surface area contributed by atoms with E-state index in [0.29, 0.717) is 37.2 Å². The number of fused-ring (bicyclic) bond motifs is 1. The molecule has 0 aromatic carbocycles. The molecule has 1 atom stereocenters.